The third kappa shape index (κ3) is 4.84. The van der Waals surface area contributed by atoms with Gasteiger partial charge in [-0.25, -0.2) is 4.98 Å². The number of imidazole rings is 1. The van der Waals surface area contributed by atoms with E-state index in [1.54, 1.807) is 0 Å². The molecule has 0 radical (unpaired) electrons. The summed E-state index contributed by atoms with van der Waals surface area (Å²) in [5.41, 5.74) is 0.383. The Morgan fingerprint density at radius 3 is 2.68 bits per heavy atom. The van der Waals surface area contributed by atoms with E-state index in [-0.39, 0.29) is 0 Å². The van der Waals surface area contributed by atoms with E-state index >= 15 is 0 Å². The van der Waals surface area contributed by atoms with Crippen molar-refractivity contribution in [2.45, 2.75) is 78.9 Å². The van der Waals surface area contributed by atoms with Crippen LogP contribution in [0, 0.1) is 17.3 Å². The van der Waals surface area contributed by atoms with Gasteiger partial charge in [-0.15, -0.1) is 0 Å². The van der Waals surface area contributed by atoms with E-state index in [0.717, 1.165) is 31.9 Å². The Bertz CT molecular complexity index is 408. The highest BCUT2D eigenvalue weighted by Gasteiger charge is 2.38. The zero-order valence-electron chi connectivity index (χ0n) is 14.9. The van der Waals surface area contributed by atoms with E-state index in [1.807, 2.05) is 12.5 Å². The van der Waals surface area contributed by atoms with E-state index in [0.29, 0.717) is 17.4 Å². The number of aryl methyl sites for hydroxylation is 1. The van der Waals surface area contributed by atoms with Crippen LogP contribution in [0.25, 0.3) is 0 Å². The Labute approximate surface area is 136 Å². The van der Waals surface area contributed by atoms with Gasteiger partial charge in [-0.05, 0) is 42.9 Å². The summed E-state index contributed by atoms with van der Waals surface area (Å²) in [7, 11) is 0. The van der Waals surface area contributed by atoms with Gasteiger partial charge >= 0.3 is 0 Å². The Balaban J connectivity index is 2.04. The van der Waals surface area contributed by atoms with E-state index in [1.165, 1.54) is 25.7 Å². The molecule has 0 N–H and O–H groups in total. The van der Waals surface area contributed by atoms with Gasteiger partial charge in [-0.3, -0.25) is 0 Å². The van der Waals surface area contributed by atoms with Crippen molar-refractivity contribution in [3.63, 3.8) is 0 Å². The lowest BCUT2D eigenvalue weighted by Gasteiger charge is -2.44. The second-order valence-corrected chi connectivity index (χ2v) is 7.92. The molecule has 3 unspecified atom stereocenters. The number of nitrogens with zero attached hydrogens (tertiary/aromatic N) is 2. The average Bonchev–Trinajstić information content (AvgIpc) is 3.00. The monoisotopic (exact) mass is 306 g/mol. The van der Waals surface area contributed by atoms with Crippen molar-refractivity contribution in [2.75, 3.05) is 6.61 Å². The van der Waals surface area contributed by atoms with Crippen molar-refractivity contribution >= 4 is 0 Å². The number of hydrogen-bond acceptors (Lipinski definition) is 2. The minimum Gasteiger partial charge on any atom is -0.378 e. The topological polar surface area (TPSA) is 27.1 Å². The average molecular weight is 306 g/mol. The Hall–Kier alpha value is -0.830. The van der Waals surface area contributed by atoms with Crippen LogP contribution in [0.5, 0.6) is 0 Å². The van der Waals surface area contributed by atoms with E-state index in [4.69, 9.17) is 4.74 Å². The standard InChI is InChI=1S/C19H34N2O/c1-5-14-22-18(10-12-21-13-11-20-15-21)16-8-6-7-9-17(16)19(2,3)4/h11,13,15-18H,5-10,12,14H2,1-4H3. The van der Waals surface area contributed by atoms with Crippen LogP contribution >= 0.6 is 0 Å². The lowest BCUT2D eigenvalue weighted by molar-refractivity contribution is -0.0505. The predicted molar refractivity (Wildman–Crippen MR) is 91.8 cm³/mol. The highest BCUT2D eigenvalue weighted by atomic mass is 16.5. The van der Waals surface area contributed by atoms with Crippen molar-refractivity contribution in [1.29, 1.82) is 0 Å². The van der Waals surface area contributed by atoms with E-state index in [2.05, 4.69) is 43.4 Å². The molecule has 0 amide bonds. The second-order valence-electron chi connectivity index (χ2n) is 7.92. The van der Waals surface area contributed by atoms with Gasteiger partial charge in [-0.1, -0.05) is 40.5 Å². The predicted octanol–water partition coefficient (Wildman–Crippen LogP) is 4.92. The highest BCUT2D eigenvalue weighted by Crippen LogP contribution is 2.44. The number of rotatable bonds is 7. The molecule has 126 valence electrons. The van der Waals surface area contributed by atoms with E-state index < -0.39 is 0 Å². The third-order valence-corrected chi connectivity index (χ3v) is 5.18. The summed E-state index contributed by atoms with van der Waals surface area (Å²) in [5, 5.41) is 0. The Morgan fingerprint density at radius 1 is 1.27 bits per heavy atom. The molecule has 0 aliphatic heterocycles. The van der Waals surface area contributed by atoms with Gasteiger partial charge in [0.05, 0.1) is 12.4 Å². The van der Waals surface area contributed by atoms with Crippen LogP contribution in [0.1, 0.15) is 66.2 Å². The molecule has 22 heavy (non-hydrogen) atoms. The first kappa shape index (κ1) is 17.5. The summed E-state index contributed by atoms with van der Waals surface area (Å²) in [6, 6.07) is 0. The van der Waals surface area contributed by atoms with Gasteiger partial charge in [0, 0.05) is 25.5 Å². The molecule has 3 nitrogen and oxygen atoms in total. The van der Waals surface area contributed by atoms with Gasteiger partial charge < -0.3 is 9.30 Å². The van der Waals surface area contributed by atoms with Gasteiger partial charge in [0.1, 0.15) is 0 Å². The summed E-state index contributed by atoms with van der Waals surface area (Å²) in [4.78, 5) is 4.15. The van der Waals surface area contributed by atoms with Crippen LogP contribution in [-0.4, -0.2) is 22.3 Å². The molecule has 3 heteroatoms. The summed E-state index contributed by atoms with van der Waals surface area (Å²) in [6.45, 7) is 11.3. The van der Waals surface area contributed by atoms with Crippen LogP contribution < -0.4 is 0 Å². The zero-order chi connectivity index (χ0) is 16.0. The van der Waals surface area contributed by atoms with Crippen molar-refractivity contribution in [2.24, 2.45) is 17.3 Å². The summed E-state index contributed by atoms with van der Waals surface area (Å²) in [5.74, 6) is 1.50. The van der Waals surface area contributed by atoms with Gasteiger partial charge in [0.15, 0.2) is 0 Å². The minimum atomic E-state index is 0.383. The van der Waals surface area contributed by atoms with Gasteiger partial charge in [0.2, 0.25) is 0 Å². The molecule has 2 rings (SSSR count). The molecule has 3 atom stereocenters. The fourth-order valence-electron chi connectivity index (χ4n) is 4.07. The minimum absolute atomic E-state index is 0.383. The lowest BCUT2D eigenvalue weighted by Crippen LogP contribution is -2.39. The number of aromatic nitrogens is 2. The molecular weight excluding hydrogens is 272 g/mol. The molecule has 1 fully saturated rings. The normalized spacial score (nSPS) is 24.4. The Kier molecular flexibility index (Phi) is 6.49. The maximum absolute atomic E-state index is 6.32. The largest absolute Gasteiger partial charge is 0.378 e. The first-order valence-electron chi connectivity index (χ1n) is 9.09. The van der Waals surface area contributed by atoms with E-state index in [9.17, 15) is 0 Å². The molecule has 0 aromatic carbocycles. The van der Waals surface area contributed by atoms with Gasteiger partial charge in [-0.2, -0.15) is 0 Å². The van der Waals surface area contributed by atoms with Crippen molar-refractivity contribution < 1.29 is 4.74 Å². The molecule has 1 heterocycles. The molecule has 1 saturated carbocycles. The molecular formula is C19H34N2O. The van der Waals surface area contributed by atoms with Crippen LogP contribution in [0.3, 0.4) is 0 Å². The first-order valence-corrected chi connectivity index (χ1v) is 9.09. The second kappa shape index (κ2) is 8.14. The quantitative estimate of drug-likeness (QED) is 0.715. The molecule has 0 saturated heterocycles. The zero-order valence-corrected chi connectivity index (χ0v) is 14.9. The maximum Gasteiger partial charge on any atom is 0.0945 e. The molecule has 0 bridgehead atoms. The van der Waals surface area contributed by atoms with Crippen LogP contribution in [0.4, 0.5) is 0 Å². The van der Waals surface area contributed by atoms with Gasteiger partial charge in [0.25, 0.3) is 0 Å². The Morgan fingerprint density at radius 2 is 2.05 bits per heavy atom. The molecule has 1 aliphatic carbocycles. The fraction of sp³-hybridized carbons (Fsp3) is 0.842. The van der Waals surface area contributed by atoms with Crippen molar-refractivity contribution in [3.05, 3.63) is 18.7 Å². The highest BCUT2D eigenvalue weighted by molar-refractivity contribution is 4.88. The number of hydrogen-bond donors (Lipinski definition) is 0. The molecule has 1 aliphatic rings. The molecule has 1 aromatic rings. The summed E-state index contributed by atoms with van der Waals surface area (Å²) < 4.78 is 8.50. The van der Waals surface area contributed by atoms with Crippen molar-refractivity contribution in [1.82, 2.24) is 9.55 Å². The first-order chi connectivity index (χ1) is 10.5. The molecule has 0 spiro atoms. The van der Waals surface area contributed by atoms with Crippen LogP contribution in [-0.2, 0) is 11.3 Å². The maximum atomic E-state index is 6.32. The SMILES string of the molecule is CCCOC(CCn1ccnc1)C1CCCCC1C(C)(C)C. The summed E-state index contributed by atoms with van der Waals surface area (Å²) in [6.07, 6.45) is 13.9. The van der Waals surface area contributed by atoms with Crippen LogP contribution in [0.15, 0.2) is 18.7 Å². The lowest BCUT2D eigenvalue weighted by atomic mass is 9.64. The summed E-state index contributed by atoms with van der Waals surface area (Å²) >= 11 is 0. The number of ether oxygens (including phenoxy) is 1. The fourth-order valence-corrected chi connectivity index (χ4v) is 4.07. The van der Waals surface area contributed by atoms with Crippen molar-refractivity contribution in [3.8, 4) is 0 Å². The third-order valence-electron chi connectivity index (χ3n) is 5.18. The smallest absolute Gasteiger partial charge is 0.0945 e. The molecule has 1 aromatic heterocycles. The van der Waals surface area contributed by atoms with Crippen LogP contribution in [0.2, 0.25) is 0 Å².